The minimum absolute atomic E-state index is 0.257. The van der Waals surface area contributed by atoms with Crippen molar-refractivity contribution < 1.29 is 13.2 Å². The molecule has 0 amide bonds. The SMILES string of the molecule is CC(C)(c1ccc(-c2ccc([Si](C)(C)C)cn2)cc1)C(F)(F)F. The summed E-state index contributed by atoms with van der Waals surface area (Å²) in [6.45, 7) is 9.14. The molecular weight excluding hydrogens is 315 g/mol. The summed E-state index contributed by atoms with van der Waals surface area (Å²) in [6.07, 6.45) is -2.39. The first-order chi connectivity index (χ1) is 10.4. The van der Waals surface area contributed by atoms with Crippen LogP contribution in [0, 0.1) is 0 Å². The van der Waals surface area contributed by atoms with Crippen LogP contribution in [0.4, 0.5) is 13.2 Å². The Morgan fingerprint density at radius 1 is 0.870 bits per heavy atom. The van der Waals surface area contributed by atoms with Gasteiger partial charge in [-0.25, -0.2) is 0 Å². The molecule has 2 rings (SSSR count). The second-order valence-electron chi connectivity index (χ2n) is 7.38. The van der Waals surface area contributed by atoms with Gasteiger partial charge in [-0.3, -0.25) is 4.98 Å². The highest BCUT2D eigenvalue weighted by Gasteiger charge is 2.48. The summed E-state index contributed by atoms with van der Waals surface area (Å²) in [4.78, 5) is 4.47. The van der Waals surface area contributed by atoms with Gasteiger partial charge in [0.15, 0.2) is 0 Å². The highest BCUT2D eigenvalue weighted by molar-refractivity contribution is 6.88. The Labute approximate surface area is 136 Å². The van der Waals surface area contributed by atoms with Gasteiger partial charge in [-0.15, -0.1) is 0 Å². The average Bonchev–Trinajstić information content (AvgIpc) is 2.45. The fourth-order valence-electron chi connectivity index (χ4n) is 2.23. The van der Waals surface area contributed by atoms with Gasteiger partial charge in [0, 0.05) is 11.8 Å². The number of nitrogens with zero attached hydrogens (tertiary/aromatic N) is 1. The van der Waals surface area contributed by atoms with Crippen LogP contribution in [0.25, 0.3) is 11.3 Å². The minimum atomic E-state index is -4.27. The highest BCUT2D eigenvalue weighted by Crippen LogP contribution is 2.40. The molecule has 0 radical (unpaired) electrons. The van der Waals surface area contributed by atoms with Crippen molar-refractivity contribution in [2.24, 2.45) is 0 Å². The van der Waals surface area contributed by atoms with Crippen LogP contribution in [0.1, 0.15) is 19.4 Å². The van der Waals surface area contributed by atoms with Gasteiger partial charge in [0.25, 0.3) is 0 Å². The molecule has 0 aliphatic heterocycles. The first kappa shape index (κ1) is 17.7. The number of hydrogen-bond acceptors (Lipinski definition) is 1. The Morgan fingerprint density at radius 2 is 1.43 bits per heavy atom. The van der Waals surface area contributed by atoms with E-state index in [9.17, 15) is 13.2 Å². The molecule has 124 valence electrons. The quantitative estimate of drug-likeness (QED) is 0.707. The molecule has 0 aliphatic carbocycles. The summed E-state index contributed by atoms with van der Waals surface area (Å²) in [7, 11) is -1.40. The first-order valence-electron chi connectivity index (χ1n) is 7.57. The summed E-state index contributed by atoms with van der Waals surface area (Å²) in [6, 6.07) is 10.5. The van der Waals surface area contributed by atoms with E-state index in [0.29, 0.717) is 0 Å². The standard InChI is InChI=1S/C18H22F3NSi/c1-17(2,18(19,20)21)14-8-6-13(7-9-14)16-11-10-15(12-22-16)23(3,4)5/h6-12H,1-5H3. The van der Waals surface area contributed by atoms with Gasteiger partial charge in [-0.05, 0) is 30.7 Å². The lowest BCUT2D eigenvalue weighted by Crippen LogP contribution is -2.37. The molecule has 2 aromatic rings. The maximum atomic E-state index is 13.1. The number of halogens is 3. The molecule has 23 heavy (non-hydrogen) atoms. The molecule has 5 heteroatoms. The minimum Gasteiger partial charge on any atom is -0.256 e. The van der Waals surface area contributed by atoms with Gasteiger partial charge in [0.1, 0.15) is 0 Å². The van der Waals surface area contributed by atoms with E-state index in [-0.39, 0.29) is 5.56 Å². The van der Waals surface area contributed by atoms with Gasteiger partial charge in [0.2, 0.25) is 0 Å². The van der Waals surface area contributed by atoms with E-state index in [2.05, 4.69) is 30.7 Å². The summed E-state index contributed by atoms with van der Waals surface area (Å²) < 4.78 is 39.3. The van der Waals surface area contributed by atoms with Crippen molar-refractivity contribution in [3.8, 4) is 11.3 Å². The summed E-state index contributed by atoms with van der Waals surface area (Å²) >= 11 is 0. The molecule has 0 atom stereocenters. The van der Waals surface area contributed by atoms with Gasteiger partial charge in [-0.1, -0.05) is 50.0 Å². The molecule has 0 N–H and O–H groups in total. The zero-order chi connectivity index (χ0) is 17.5. The predicted molar refractivity (Wildman–Crippen MR) is 91.7 cm³/mol. The number of pyridine rings is 1. The van der Waals surface area contributed by atoms with Crippen molar-refractivity contribution in [2.45, 2.75) is 45.1 Å². The Bertz CT molecular complexity index is 665. The topological polar surface area (TPSA) is 12.9 Å². The second-order valence-corrected chi connectivity index (χ2v) is 12.5. The molecule has 1 nitrogen and oxygen atoms in total. The molecule has 0 aliphatic rings. The Morgan fingerprint density at radius 3 is 1.83 bits per heavy atom. The van der Waals surface area contributed by atoms with Crippen LogP contribution in [0.5, 0.6) is 0 Å². The second kappa shape index (κ2) is 5.78. The Kier molecular flexibility index (Phi) is 4.46. The Hall–Kier alpha value is -1.62. The predicted octanol–water partition coefficient (Wildman–Crippen LogP) is 5.13. The van der Waals surface area contributed by atoms with Crippen LogP contribution in [0.15, 0.2) is 42.6 Å². The van der Waals surface area contributed by atoms with Gasteiger partial charge < -0.3 is 0 Å². The number of rotatable bonds is 3. The molecule has 0 fully saturated rings. The van der Waals surface area contributed by atoms with Crippen LogP contribution in [0.3, 0.4) is 0 Å². The third-order valence-electron chi connectivity index (χ3n) is 4.24. The van der Waals surface area contributed by atoms with Crippen molar-refractivity contribution in [2.75, 3.05) is 0 Å². The average molecular weight is 337 g/mol. The molecular formula is C18H22F3NSi. The molecule has 1 heterocycles. The smallest absolute Gasteiger partial charge is 0.256 e. The molecule has 0 unspecified atom stereocenters. The normalized spacial score (nSPS) is 13.2. The lowest BCUT2D eigenvalue weighted by molar-refractivity contribution is -0.180. The van der Waals surface area contributed by atoms with Crippen LogP contribution < -0.4 is 5.19 Å². The van der Waals surface area contributed by atoms with E-state index in [4.69, 9.17) is 0 Å². The Balaban J connectivity index is 2.30. The third-order valence-corrected chi connectivity index (χ3v) is 6.27. The number of benzene rings is 1. The van der Waals surface area contributed by atoms with E-state index >= 15 is 0 Å². The van der Waals surface area contributed by atoms with E-state index < -0.39 is 19.7 Å². The van der Waals surface area contributed by atoms with Crippen molar-refractivity contribution >= 4 is 13.3 Å². The lowest BCUT2D eigenvalue weighted by Gasteiger charge is -2.28. The molecule has 1 aromatic carbocycles. The maximum absolute atomic E-state index is 13.1. The van der Waals surface area contributed by atoms with Crippen molar-refractivity contribution in [1.82, 2.24) is 4.98 Å². The summed E-state index contributed by atoms with van der Waals surface area (Å²) in [5, 5.41) is 1.26. The zero-order valence-electron chi connectivity index (χ0n) is 14.1. The molecule has 0 bridgehead atoms. The van der Waals surface area contributed by atoms with Crippen LogP contribution in [0.2, 0.25) is 19.6 Å². The number of hydrogen-bond donors (Lipinski definition) is 0. The van der Waals surface area contributed by atoms with E-state index in [1.807, 2.05) is 12.3 Å². The van der Waals surface area contributed by atoms with E-state index in [0.717, 1.165) is 11.3 Å². The third kappa shape index (κ3) is 3.66. The largest absolute Gasteiger partial charge is 0.397 e. The molecule has 0 saturated carbocycles. The fourth-order valence-corrected chi connectivity index (χ4v) is 3.26. The summed E-state index contributed by atoms with van der Waals surface area (Å²) in [5.74, 6) is 0. The molecule has 0 saturated heterocycles. The van der Waals surface area contributed by atoms with Crippen LogP contribution in [-0.4, -0.2) is 19.2 Å². The van der Waals surface area contributed by atoms with Gasteiger partial charge in [0.05, 0.1) is 19.2 Å². The summed E-state index contributed by atoms with van der Waals surface area (Å²) in [5.41, 5.74) is 0.00498. The van der Waals surface area contributed by atoms with Crippen molar-refractivity contribution in [3.05, 3.63) is 48.2 Å². The highest BCUT2D eigenvalue weighted by atomic mass is 28.3. The zero-order valence-corrected chi connectivity index (χ0v) is 15.1. The number of aromatic nitrogens is 1. The van der Waals surface area contributed by atoms with Crippen LogP contribution >= 0.6 is 0 Å². The molecule has 1 aromatic heterocycles. The monoisotopic (exact) mass is 337 g/mol. The molecule has 0 spiro atoms. The van der Waals surface area contributed by atoms with Gasteiger partial charge in [-0.2, -0.15) is 13.2 Å². The van der Waals surface area contributed by atoms with Crippen molar-refractivity contribution in [3.63, 3.8) is 0 Å². The fraction of sp³-hybridized carbons (Fsp3) is 0.389. The van der Waals surface area contributed by atoms with E-state index in [1.54, 1.807) is 12.1 Å². The number of alkyl halides is 3. The lowest BCUT2D eigenvalue weighted by atomic mass is 9.83. The van der Waals surface area contributed by atoms with E-state index in [1.165, 1.54) is 31.2 Å². The van der Waals surface area contributed by atoms with Crippen molar-refractivity contribution in [1.29, 1.82) is 0 Å². The first-order valence-corrected chi connectivity index (χ1v) is 11.1. The van der Waals surface area contributed by atoms with Gasteiger partial charge >= 0.3 is 6.18 Å². The maximum Gasteiger partial charge on any atom is 0.397 e. The van der Waals surface area contributed by atoms with Crippen LogP contribution in [-0.2, 0) is 5.41 Å².